The first-order valence-corrected chi connectivity index (χ1v) is 9.93. The zero-order chi connectivity index (χ0) is 19.5. The van der Waals surface area contributed by atoms with Crippen LogP contribution in [-0.4, -0.2) is 26.2 Å². The number of halogens is 1. The van der Waals surface area contributed by atoms with Gasteiger partial charge in [0.1, 0.15) is 19.0 Å². The van der Waals surface area contributed by atoms with Gasteiger partial charge in [-0.3, -0.25) is 4.79 Å². The van der Waals surface area contributed by atoms with Gasteiger partial charge in [0.25, 0.3) is 5.91 Å². The van der Waals surface area contributed by atoms with Crippen molar-refractivity contribution >= 4 is 34.5 Å². The summed E-state index contributed by atoms with van der Waals surface area (Å²) in [4.78, 5) is 14.5. The average Bonchev–Trinajstić information content (AvgIpc) is 3.15. The van der Waals surface area contributed by atoms with Crippen LogP contribution >= 0.6 is 22.9 Å². The second kappa shape index (κ2) is 8.22. The van der Waals surface area contributed by atoms with Gasteiger partial charge in [-0.25, -0.2) is 0 Å². The van der Waals surface area contributed by atoms with Gasteiger partial charge in [-0.1, -0.05) is 29.8 Å². The Kier molecular flexibility index (Phi) is 5.52. The number of methoxy groups -OCH3 is 1. The summed E-state index contributed by atoms with van der Waals surface area (Å²) in [5, 5.41) is 3.34. The standard InChI is InChI=1S/C21H18ClNO4S/c1-25-9-10-26-19-15(22)6-4-7-16(19)23-21(24)18-11-13-12-27-17-8-3-2-5-14(17)20(13)28-18/h2-8,11H,9-10,12H2,1H3,(H,23,24). The van der Waals surface area contributed by atoms with Crippen molar-refractivity contribution in [3.05, 3.63) is 64.0 Å². The highest BCUT2D eigenvalue weighted by atomic mass is 35.5. The summed E-state index contributed by atoms with van der Waals surface area (Å²) in [6.07, 6.45) is 0. The minimum absolute atomic E-state index is 0.212. The predicted molar refractivity (Wildman–Crippen MR) is 111 cm³/mol. The fraction of sp³-hybridized carbons (Fsp3) is 0.190. The van der Waals surface area contributed by atoms with Crippen LogP contribution in [0.4, 0.5) is 5.69 Å². The van der Waals surface area contributed by atoms with Gasteiger partial charge in [0.05, 0.1) is 22.2 Å². The van der Waals surface area contributed by atoms with Gasteiger partial charge < -0.3 is 19.5 Å². The van der Waals surface area contributed by atoms with Crippen LogP contribution in [-0.2, 0) is 11.3 Å². The van der Waals surface area contributed by atoms with Crippen molar-refractivity contribution < 1.29 is 19.0 Å². The number of benzene rings is 2. The van der Waals surface area contributed by atoms with Gasteiger partial charge in [0.2, 0.25) is 0 Å². The Bertz CT molecular complexity index is 1020. The molecular formula is C21H18ClNO4S. The van der Waals surface area contributed by atoms with E-state index in [1.807, 2.05) is 30.3 Å². The molecule has 1 amide bonds. The highest BCUT2D eigenvalue weighted by Gasteiger charge is 2.23. The summed E-state index contributed by atoms with van der Waals surface area (Å²) in [6.45, 7) is 1.22. The first-order valence-electron chi connectivity index (χ1n) is 8.74. The zero-order valence-corrected chi connectivity index (χ0v) is 16.7. The molecule has 0 saturated carbocycles. The number of thiophene rings is 1. The van der Waals surface area contributed by atoms with Crippen molar-refractivity contribution in [1.82, 2.24) is 0 Å². The van der Waals surface area contributed by atoms with E-state index < -0.39 is 0 Å². The number of amides is 1. The largest absolute Gasteiger partial charge is 0.488 e. The van der Waals surface area contributed by atoms with Crippen molar-refractivity contribution in [1.29, 1.82) is 0 Å². The van der Waals surface area contributed by atoms with Crippen LogP contribution in [0, 0.1) is 0 Å². The third-order valence-electron chi connectivity index (χ3n) is 4.30. The fourth-order valence-electron chi connectivity index (χ4n) is 2.98. The molecule has 144 valence electrons. The number of rotatable bonds is 6. The highest BCUT2D eigenvalue weighted by molar-refractivity contribution is 7.17. The molecular weight excluding hydrogens is 398 g/mol. The molecule has 0 atom stereocenters. The molecule has 0 bridgehead atoms. The fourth-order valence-corrected chi connectivity index (χ4v) is 4.30. The van der Waals surface area contributed by atoms with E-state index in [4.69, 9.17) is 25.8 Å². The monoisotopic (exact) mass is 415 g/mol. The second-order valence-corrected chi connectivity index (χ2v) is 7.62. The van der Waals surface area contributed by atoms with Gasteiger partial charge in [-0.15, -0.1) is 11.3 Å². The molecule has 3 aromatic rings. The van der Waals surface area contributed by atoms with Gasteiger partial charge in [-0.05, 0) is 30.3 Å². The molecule has 1 N–H and O–H groups in total. The summed E-state index contributed by atoms with van der Waals surface area (Å²) < 4.78 is 16.5. The molecule has 7 heteroatoms. The van der Waals surface area contributed by atoms with Crippen LogP contribution in [0.25, 0.3) is 10.4 Å². The van der Waals surface area contributed by atoms with Gasteiger partial charge in [0.15, 0.2) is 5.75 Å². The van der Waals surface area contributed by atoms with Crippen molar-refractivity contribution in [3.63, 3.8) is 0 Å². The van der Waals surface area contributed by atoms with Crippen molar-refractivity contribution in [2.45, 2.75) is 6.61 Å². The smallest absolute Gasteiger partial charge is 0.265 e. The van der Waals surface area contributed by atoms with Gasteiger partial charge in [0, 0.05) is 23.1 Å². The van der Waals surface area contributed by atoms with E-state index >= 15 is 0 Å². The number of hydrogen-bond donors (Lipinski definition) is 1. The lowest BCUT2D eigenvalue weighted by molar-refractivity contribution is 0.102. The Morgan fingerprint density at radius 3 is 2.93 bits per heavy atom. The molecule has 2 heterocycles. The van der Waals surface area contributed by atoms with Crippen molar-refractivity contribution in [2.24, 2.45) is 0 Å². The van der Waals surface area contributed by atoms with E-state index in [-0.39, 0.29) is 5.91 Å². The van der Waals surface area contributed by atoms with Crippen LogP contribution in [0.3, 0.4) is 0 Å². The van der Waals surface area contributed by atoms with E-state index in [1.165, 1.54) is 11.3 Å². The molecule has 1 aliphatic heterocycles. The molecule has 28 heavy (non-hydrogen) atoms. The number of anilines is 1. The average molecular weight is 416 g/mol. The maximum Gasteiger partial charge on any atom is 0.265 e. The quantitative estimate of drug-likeness (QED) is 0.559. The number of ether oxygens (including phenoxy) is 3. The van der Waals surface area contributed by atoms with Crippen LogP contribution in [0.15, 0.2) is 48.5 Å². The van der Waals surface area contributed by atoms with Crippen LogP contribution in [0.2, 0.25) is 5.02 Å². The van der Waals surface area contributed by atoms with E-state index in [1.54, 1.807) is 25.3 Å². The minimum Gasteiger partial charge on any atom is -0.488 e. The molecule has 1 aromatic heterocycles. The molecule has 4 rings (SSSR count). The molecule has 5 nitrogen and oxygen atoms in total. The van der Waals surface area contributed by atoms with E-state index in [9.17, 15) is 4.79 Å². The lowest BCUT2D eigenvalue weighted by atomic mass is 10.1. The first kappa shape index (κ1) is 18.8. The Hall–Kier alpha value is -2.54. The van der Waals surface area contributed by atoms with Gasteiger partial charge in [-0.2, -0.15) is 0 Å². The normalized spacial score (nSPS) is 11.9. The van der Waals surface area contributed by atoms with E-state index in [0.717, 1.165) is 21.8 Å². The minimum atomic E-state index is -0.212. The Balaban J connectivity index is 1.58. The molecule has 0 unspecified atom stereocenters. The SMILES string of the molecule is COCCOc1c(Cl)cccc1NC(=O)c1cc2c(s1)-c1ccccc1OC2. The number of para-hydroxylation sites is 2. The number of carbonyl (C=O) groups is 1. The van der Waals surface area contributed by atoms with Crippen molar-refractivity contribution in [2.75, 3.05) is 25.6 Å². The molecule has 0 aliphatic carbocycles. The Labute approximate surface area is 171 Å². The first-order chi connectivity index (χ1) is 13.7. The predicted octanol–water partition coefficient (Wildman–Crippen LogP) is 5.24. The third kappa shape index (κ3) is 3.71. The number of nitrogens with one attached hydrogen (secondary N) is 1. The molecule has 1 aliphatic rings. The number of fused-ring (bicyclic) bond motifs is 3. The summed E-state index contributed by atoms with van der Waals surface area (Å²) in [7, 11) is 1.60. The third-order valence-corrected chi connectivity index (χ3v) is 5.80. The maximum atomic E-state index is 12.9. The summed E-state index contributed by atoms with van der Waals surface area (Å²) in [5.41, 5.74) is 2.55. The van der Waals surface area contributed by atoms with Crippen LogP contribution < -0.4 is 14.8 Å². The molecule has 0 spiro atoms. The maximum absolute atomic E-state index is 12.9. The van der Waals surface area contributed by atoms with Crippen molar-refractivity contribution in [3.8, 4) is 21.9 Å². The lowest BCUT2D eigenvalue weighted by Crippen LogP contribution is -2.13. The Morgan fingerprint density at radius 1 is 1.21 bits per heavy atom. The lowest BCUT2D eigenvalue weighted by Gasteiger charge is -2.16. The summed E-state index contributed by atoms with van der Waals surface area (Å²) in [5.74, 6) is 1.06. The Morgan fingerprint density at radius 2 is 2.07 bits per heavy atom. The molecule has 2 aromatic carbocycles. The van der Waals surface area contributed by atoms with Crippen LogP contribution in [0.5, 0.6) is 11.5 Å². The number of carbonyl (C=O) groups excluding carboxylic acids is 1. The van der Waals surface area contributed by atoms with Crippen LogP contribution in [0.1, 0.15) is 15.2 Å². The zero-order valence-electron chi connectivity index (χ0n) is 15.2. The number of hydrogen-bond acceptors (Lipinski definition) is 5. The van der Waals surface area contributed by atoms with Gasteiger partial charge >= 0.3 is 0 Å². The molecule has 0 radical (unpaired) electrons. The second-order valence-electron chi connectivity index (χ2n) is 6.16. The highest BCUT2D eigenvalue weighted by Crippen LogP contribution is 2.42. The van der Waals surface area contributed by atoms with E-state index in [2.05, 4.69) is 5.32 Å². The summed E-state index contributed by atoms with van der Waals surface area (Å²) >= 11 is 7.70. The van der Waals surface area contributed by atoms with E-state index in [0.29, 0.717) is 41.2 Å². The topological polar surface area (TPSA) is 56.8 Å². The molecule has 0 saturated heterocycles. The summed E-state index contributed by atoms with van der Waals surface area (Å²) in [6, 6.07) is 15.0. The molecule has 0 fully saturated rings.